The average Bonchev–Trinajstić information content (AvgIpc) is 2.98. The molecular formula is C17H22ClN3O2. The van der Waals surface area contributed by atoms with Crippen molar-refractivity contribution in [3.05, 3.63) is 35.2 Å². The molecule has 1 atom stereocenters. The molecule has 6 heteroatoms. The first kappa shape index (κ1) is 16.4. The quantitative estimate of drug-likeness (QED) is 0.920. The van der Waals surface area contributed by atoms with E-state index in [9.17, 15) is 0 Å². The zero-order valence-electron chi connectivity index (χ0n) is 13.9. The highest BCUT2D eigenvalue weighted by molar-refractivity contribution is 6.30. The van der Waals surface area contributed by atoms with Gasteiger partial charge in [0, 0.05) is 16.6 Å². The smallest absolute Gasteiger partial charge is 0.247 e. The van der Waals surface area contributed by atoms with E-state index in [0.29, 0.717) is 23.3 Å². The van der Waals surface area contributed by atoms with Crippen LogP contribution in [-0.4, -0.2) is 27.4 Å². The summed E-state index contributed by atoms with van der Waals surface area (Å²) >= 11 is 5.99. The second kappa shape index (κ2) is 5.89. The molecule has 2 heterocycles. The molecule has 23 heavy (non-hydrogen) atoms. The maximum absolute atomic E-state index is 6.08. The Hall–Kier alpha value is -1.43. The molecule has 1 N–H and O–H groups in total. The van der Waals surface area contributed by atoms with Crippen molar-refractivity contribution in [3.8, 4) is 11.5 Å². The summed E-state index contributed by atoms with van der Waals surface area (Å²) < 4.78 is 11.8. The molecule has 2 aromatic rings. The van der Waals surface area contributed by atoms with Gasteiger partial charge in [0.1, 0.15) is 0 Å². The van der Waals surface area contributed by atoms with Gasteiger partial charge in [-0.2, -0.15) is 0 Å². The van der Waals surface area contributed by atoms with Gasteiger partial charge in [-0.25, -0.2) is 0 Å². The lowest BCUT2D eigenvalue weighted by Gasteiger charge is -2.27. The van der Waals surface area contributed by atoms with Crippen LogP contribution in [0.5, 0.6) is 0 Å². The second-order valence-corrected chi connectivity index (χ2v) is 7.55. The van der Waals surface area contributed by atoms with Gasteiger partial charge in [0.15, 0.2) is 0 Å². The number of nitrogens with zero attached hydrogens (tertiary/aromatic N) is 2. The molecule has 1 aliphatic rings. The third kappa shape index (κ3) is 3.74. The first-order chi connectivity index (χ1) is 10.8. The van der Waals surface area contributed by atoms with Crippen molar-refractivity contribution >= 4 is 11.6 Å². The molecule has 5 nitrogen and oxygen atoms in total. The van der Waals surface area contributed by atoms with Crippen molar-refractivity contribution < 1.29 is 9.15 Å². The Kier molecular flexibility index (Phi) is 4.21. The van der Waals surface area contributed by atoms with Crippen molar-refractivity contribution in [1.29, 1.82) is 0 Å². The number of halogens is 1. The van der Waals surface area contributed by atoms with Gasteiger partial charge in [-0.05, 0) is 52.3 Å². The topological polar surface area (TPSA) is 60.2 Å². The van der Waals surface area contributed by atoms with Crippen LogP contribution in [0, 0.1) is 0 Å². The van der Waals surface area contributed by atoms with Crippen molar-refractivity contribution in [2.45, 2.75) is 57.9 Å². The lowest BCUT2D eigenvalue weighted by Crippen LogP contribution is -2.43. The molecule has 0 aliphatic carbocycles. The summed E-state index contributed by atoms with van der Waals surface area (Å²) in [5.41, 5.74) is 0.475. The Morgan fingerprint density at radius 2 is 2.04 bits per heavy atom. The summed E-state index contributed by atoms with van der Waals surface area (Å²) in [4.78, 5) is 0. The van der Waals surface area contributed by atoms with Gasteiger partial charge in [-0.1, -0.05) is 17.7 Å². The molecule has 1 aliphatic heterocycles. The minimum Gasteiger partial charge on any atom is -0.419 e. The fraction of sp³-hybridized carbons (Fsp3) is 0.529. The Balaban J connectivity index is 1.66. The maximum Gasteiger partial charge on any atom is 0.247 e. The summed E-state index contributed by atoms with van der Waals surface area (Å²) in [6.07, 6.45) is 0.940. The number of hydrogen-bond donors (Lipinski definition) is 1. The van der Waals surface area contributed by atoms with Gasteiger partial charge in [0.25, 0.3) is 0 Å². The molecule has 0 bridgehead atoms. The number of rotatable bonds is 4. The van der Waals surface area contributed by atoms with E-state index in [2.05, 4.69) is 43.2 Å². The Bertz CT molecular complexity index is 697. The summed E-state index contributed by atoms with van der Waals surface area (Å²) in [6.45, 7) is 8.94. The van der Waals surface area contributed by atoms with E-state index in [-0.39, 0.29) is 17.2 Å². The van der Waals surface area contributed by atoms with Gasteiger partial charge in [0.2, 0.25) is 11.8 Å². The maximum atomic E-state index is 6.08. The lowest BCUT2D eigenvalue weighted by atomic mass is 9.94. The normalized spacial score (nSPS) is 22.4. The average molecular weight is 336 g/mol. The summed E-state index contributed by atoms with van der Waals surface area (Å²) in [7, 11) is 0. The highest BCUT2D eigenvalue weighted by Gasteiger charge is 2.45. The molecule has 1 aromatic heterocycles. The van der Waals surface area contributed by atoms with Crippen molar-refractivity contribution in [2.24, 2.45) is 0 Å². The van der Waals surface area contributed by atoms with Crippen molar-refractivity contribution in [1.82, 2.24) is 15.5 Å². The Morgan fingerprint density at radius 3 is 2.70 bits per heavy atom. The van der Waals surface area contributed by atoms with Gasteiger partial charge in [-0.3, -0.25) is 0 Å². The highest BCUT2D eigenvalue weighted by atomic mass is 35.5. The van der Waals surface area contributed by atoms with Crippen LogP contribution in [0.1, 0.15) is 40.0 Å². The number of hydrogen-bond acceptors (Lipinski definition) is 5. The van der Waals surface area contributed by atoms with E-state index in [1.165, 1.54) is 0 Å². The van der Waals surface area contributed by atoms with E-state index in [1.807, 2.05) is 24.3 Å². The fourth-order valence-corrected chi connectivity index (χ4v) is 3.34. The SMILES string of the molecule is CC1(C)C[C@@H](NCc2nnc(-c3cccc(Cl)c3)o2)C(C)(C)O1. The molecule has 0 radical (unpaired) electrons. The van der Waals surface area contributed by atoms with E-state index < -0.39 is 0 Å². The second-order valence-electron chi connectivity index (χ2n) is 7.11. The molecule has 1 fully saturated rings. The third-order valence-electron chi connectivity index (χ3n) is 4.11. The lowest BCUT2D eigenvalue weighted by molar-refractivity contribution is -0.0699. The number of benzene rings is 1. The van der Waals surface area contributed by atoms with Crippen molar-refractivity contribution in [2.75, 3.05) is 0 Å². The molecule has 0 unspecified atom stereocenters. The van der Waals surface area contributed by atoms with Crippen LogP contribution in [0.25, 0.3) is 11.5 Å². The number of nitrogens with one attached hydrogen (secondary N) is 1. The summed E-state index contributed by atoms with van der Waals surface area (Å²) in [5, 5.41) is 12.3. The first-order valence-corrected chi connectivity index (χ1v) is 8.15. The van der Waals surface area contributed by atoms with E-state index in [0.717, 1.165) is 12.0 Å². The fourth-order valence-electron chi connectivity index (χ4n) is 3.15. The van der Waals surface area contributed by atoms with Crippen LogP contribution in [0.15, 0.2) is 28.7 Å². The minimum absolute atomic E-state index is 0.123. The van der Waals surface area contributed by atoms with Gasteiger partial charge in [-0.15, -0.1) is 10.2 Å². The summed E-state index contributed by atoms with van der Waals surface area (Å²) in [6, 6.07) is 7.61. The van der Waals surface area contributed by atoms with Crippen LogP contribution in [-0.2, 0) is 11.3 Å². The molecule has 1 aromatic carbocycles. The molecule has 3 rings (SSSR count). The van der Waals surface area contributed by atoms with E-state index in [1.54, 1.807) is 0 Å². The third-order valence-corrected chi connectivity index (χ3v) is 4.35. The predicted octanol–water partition coefficient (Wildman–Crippen LogP) is 3.83. The minimum atomic E-state index is -0.223. The highest BCUT2D eigenvalue weighted by Crippen LogP contribution is 2.37. The van der Waals surface area contributed by atoms with Crippen LogP contribution in [0.2, 0.25) is 5.02 Å². The van der Waals surface area contributed by atoms with Gasteiger partial charge < -0.3 is 14.5 Å². The monoisotopic (exact) mass is 335 g/mol. The molecule has 124 valence electrons. The van der Waals surface area contributed by atoms with E-state index >= 15 is 0 Å². The van der Waals surface area contributed by atoms with Crippen LogP contribution >= 0.6 is 11.6 Å². The van der Waals surface area contributed by atoms with Crippen LogP contribution < -0.4 is 5.32 Å². The van der Waals surface area contributed by atoms with Crippen molar-refractivity contribution in [3.63, 3.8) is 0 Å². The van der Waals surface area contributed by atoms with Crippen LogP contribution in [0.3, 0.4) is 0 Å². The molecule has 1 saturated heterocycles. The predicted molar refractivity (Wildman–Crippen MR) is 89.2 cm³/mol. The first-order valence-electron chi connectivity index (χ1n) is 7.77. The van der Waals surface area contributed by atoms with Gasteiger partial charge >= 0.3 is 0 Å². The standard InChI is InChI=1S/C17H22ClN3O2/c1-16(2)9-13(17(3,4)23-16)19-10-14-20-21-15(22-14)11-6-5-7-12(18)8-11/h5-8,13,19H,9-10H2,1-4H3/t13-/m1/s1. The molecule has 0 spiro atoms. The number of aromatic nitrogens is 2. The molecular weight excluding hydrogens is 314 g/mol. The molecule has 0 saturated carbocycles. The zero-order valence-corrected chi connectivity index (χ0v) is 14.6. The summed E-state index contributed by atoms with van der Waals surface area (Å²) in [5.74, 6) is 1.03. The zero-order chi connectivity index (χ0) is 16.7. The van der Waals surface area contributed by atoms with Gasteiger partial charge in [0.05, 0.1) is 17.7 Å². The van der Waals surface area contributed by atoms with E-state index in [4.69, 9.17) is 20.8 Å². The molecule has 0 amide bonds. The number of ether oxygens (including phenoxy) is 1. The largest absolute Gasteiger partial charge is 0.419 e. The Morgan fingerprint density at radius 1 is 1.26 bits per heavy atom. The van der Waals surface area contributed by atoms with Crippen LogP contribution in [0.4, 0.5) is 0 Å². The Labute approximate surface area is 141 Å².